The van der Waals surface area contributed by atoms with E-state index in [4.69, 9.17) is 0 Å². The molecule has 0 saturated heterocycles. The van der Waals surface area contributed by atoms with E-state index in [0.29, 0.717) is 17.1 Å². The number of aryl methyl sites for hydroxylation is 2. The summed E-state index contributed by atoms with van der Waals surface area (Å²) in [7, 11) is -3.21. The van der Waals surface area contributed by atoms with Crippen molar-refractivity contribution >= 4 is 15.5 Å². The van der Waals surface area contributed by atoms with Crippen molar-refractivity contribution in [2.45, 2.75) is 32.2 Å². The number of sulfone groups is 1. The molecule has 2 aromatic rings. The predicted molar refractivity (Wildman–Crippen MR) is 87.4 cm³/mol. The highest BCUT2D eigenvalue weighted by molar-refractivity contribution is 7.91. The minimum atomic E-state index is -3.21. The van der Waals surface area contributed by atoms with Gasteiger partial charge in [-0.25, -0.2) is 8.42 Å². The van der Waals surface area contributed by atoms with Gasteiger partial charge in [-0.05, 0) is 37.1 Å². The van der Waals surface area contributed by atoms with Gasteiger partial charge in [0.25, 0.3) is 0 Å². The lowest BCUT2D eigenvalue weighted by Gasteiger charge is -2.13. The molecule has 0 saturated carbocycles. The Balaban J connectivity index is 2.25. The second-order valence-electron chi connectivity index (χ2n) is 5.18. The van der Waals surface area contributed by atoms with Crippen molar-refractivity contribution in [1.29, 1.82) is 0 Å². The standard InChI is InChI=1S/C17H21NO2S/c1-4-21(19,20)17-8-6-5-7-16(17)18-12-15-10-9-13(2)11-14(15)3/h5-11,18H,4,12H2,1-3H3. The molecule has 1 N–H and O–H groups in total. The first kappa shape index (κ1) is 15.6. The lowest BCUT2D eigenvalue weighted by atomic mass is 10.1. The third-order valence-corrected chi connectivity index (χ3v) is 5.36. The summed E-state index contributed by atoms with van der Waals surface area (Å²) in [5, 5.41) is 3.25. The van der Waals surface area contributed by atoms with E-state index in [0.717, 1.165) is 0 Å². The Hall–Kier alpha value is -1.81. The van der Waals surface area contributed by atoms with E-state index in [1.807, 2.05) is 12.1 Å². The summed E-state index contributed by atoms with van der Waals surface area (Å²) in [4.78, 5) is 0.372. The molecule has 0 unspecified atom stereocenters. The van der Waals surface area contributed by atoms with E-state index < -0.39 is 9.84 Å². The Labute approximate surface area is 126 Å². The van der Waals surface area contributed by atoms with Gasteiger partial charge in [0.15, 0.2) is 9.84 Å². The molecule has 0 aliphatic rings. The van der Waals surface area contributed by atoms with Crippen molar-refractivity contribution in [1.82, 2.24) is 0 Å². The van der Waals surface area contributed by atoms with E-state index in [2.05, 4.69) is 37.4 Å². The third kappa shape index (κ3) is 3.64. The molecular formula is C17H21NO2S. The summed E-state index contributed by atoms with van der Waals surface area (Å²) < 4.78 is 24.2. The van der Waals surface area contributed by atoms with E-state index in [9.17, 15) is 8.42 Å². The zero-order chi connectivity index (χ0) is 15.5. The first-order valence-corrected chi connectivity index (χ1v) is 8.71. The number of anilines is 1. The molecule has 0 bridgehead atoms. The zero-order valence-corrected chi connectivity index (χ0v) is 13.5. The molecule has 0 aromatic heterocycles. The molecule has 0 amide bonds. The molecule has 2 rings (SSSR count). The second-order valence-corrected chi connectivity index (χ2v) is 7.43. The minimum Gasteiger partial charge on any atom is -0.380 e. The van der Waals surface area contributed by atoms with Crippen LogP contribution in [0.5, 0.6) is 0 Å². The first-order chi connectivity index (χ1) is 9.94. The van der Waals surface area contributed by atoms with Gasteiger partial charge in [-0.1, -0.05) is 42.8 Å². The fourth-order valence-corrected chi connectivity index (χ4v) is 3.35. The molecule has 0 heterocycles. The molecule has 2 aromatic carbocycles. The fraction of sp³-hybridized carbons (Fsp3) is 0.294. The first-order valence-electron chi connectivity index (χ1n) is 7.06. The number of hydrogen-bond acceptors (Lipinski definition) is 3. The average Bonchev–Trinajstić information content (AvgIpc) is 2.46. The summed E-state index contributed by atoms with van der Waals surface area (Å²) >= 11 is 0. The normalized spacial score (nSPS) is 11.4. The summed E-state index contributed by atoms with van der Waals surface area (Å²) in [6.07, 6.45) is 0. The van der Waals surface area contributed by atoms with Gasteiger partial charge < -0.3 is 5.32 Å². The van der Waals surface area contributed by atoms with Gasteiger partial charge in [0, 0.05) is 6.54 Å². The Morgan fingerprint density at radius 3 is 2.43 bits per heavy atom. The van der Waals surface area contributed by atoms with Crippen molar-refractivity contribution in [3.63, 3.8) is 0 Å². The maximum absolute atomic E-state index is 12.1. The molecule has 0 fully saturated rings. The Morgan fingerprint density at radius 2 is 1.76 bits per heavy atom. The van der Waals surface area contributed by atoms with Crippen LogP contribution in [0.25, 0.3) is 0 Å². The van der Waals surface area contributed by atoms with E-state index in [1.54, 1.807) is 19.1 Å². The van der Waals surface area contributed by atoms with Crippen LogP contribution in [0.15, 0.2) is 47.4 Å². The van der Waals surface area contributed by atoms with Gasteiger partial charge in [-0.3, -0.25) is 0 Å². The summed E-state index contributed by atoms with van der Waals surface area (Å²) in [5.41, 5.74) is 4.27. The molecule has 112 valence electrons. The maximum atomic E-state index is 12.1. The highest BCUT2D eigenvalue weighted by Gasteiger charge is 2.15. The Kier molecular flexibility index (Phi) is 4.68. The number of nitrogens with one attached hydrogen (secondary N) is 1. The van der Waals surface area contributed by atoms with Crippen molar-refractivity contribution in [2.75, 3.05) is 11.1 Å². The van der Waals surface area contributed by atoms with Crippen molar-refractivity contribution in [2.24, 2.45) is 0 Å². The number of benzene rings is 2. The molecule has 3 nitrogen and oxygen atoms in total. The monoisotopic (exact) mass is 303 g/mol. The maximum Gasteiger partial charge on any atom is 0.180 e. The van der Waals surface area contributed by atoms with Gasteiger partial charge in [-0.15, -0.1) is 0 Å². The van der Waals surface area contributed by atoms with Gasteiger partial charge in [0.05, 0.1) is 16.3 Å². The number of para-hydroxylation sites is 1. The van der Waals surface area contributed by atoms with Crippen molar-refractivity contribution in [3.8, 4) is 0 Å². The fourth-order valence-electron chi connectivity index (χ4n) is 2.27. The van der Waals surface area contributed by atoms with Gasteiger partial charge >= 0.3 is 0 Å². The predicted octanol–water partition coefficient (Wildman–Crippen LogP) is 3.71. The summed E-state index contributed by atoms with van der Waals surface area (Å²) in [6.45, 7) is 6.41. The quantitative estimate of drug-likeness (QED) is 0.916. The minimum absolute atomic E-state index is 0.106. The van der Waals surface area contributed by atoms with Crippen LogP contribution in [0.1, 0.15) is 23.6 Å². The highest BCUT2D eigenvalue weighted by Crippen LogP contribution is 2.23. The Bertz CT molecular complexity index is 736. The van der Waals surface area contributed by atoms with Crippen molar-refractivity contribution < 1.29 is 8.42 Å². The zero-order valence-electron chi connectivity index (χ0n) is 12.7. The molecule has 0 radical (unpaired) electrons. The lowest BCUT2D eigenvalue weighted by Crippen LogP contribution is -2.09. The second kappa shape index (κ2) is 6.31. The van der Waals surface area contributed by atoms with Crippen LogP contribution in [0.4, 0.5) is 5.69 Å². The highest BCUT2D eigenvalue weighted by atomic mass is 32.2. The van der Waals surface area contributed by atoms with Crippen LogP contribution in [0.2, 0.25) is 0 Å². The molecule has 0 aliphatic carbocycles. The lowest BCUT2D eigenvalue weighted by molar-refractivity contribution is 0.597. The van der Waals surface area contributed by atoms with Crippen LogP contribution < -0.4 is 5.32 Å². The molecule has 0 spiro atoms. The van der Waals surface area contributed by atoms with Crippen LogP contribution >= 0.6 is 0 Å². The molecule has 0 aliphatic heterocycles. The van der Waals surface area contributed by atoms with Crippen LogP contribution in [-0.4, -0.2) is 14.2 Å². The van der Waals surface area contributed by atoms with E-state index in [1.165, 1.54) is 16.7 Å². The smallest absolute Gasteiger partial charge is 0.180 e. The summed E-state index contributed by atoms with van der Waals surface area (Å²) in [5.74, 6) is 0.106. The molecular weight excluding hydrogens is 282 g/mol. The van der Waals surface area contributed by atoms with Crippen LogP contribution in [0, 0.1) is 13.8 Å². The Morgan fingerprint density at radius 1 is 1.05 bits per heavy atom. The van der Waals surface area contributed by atoms with Gasteiger partial charge in [0.2, 0.25) is 0 Å². The van der Waals surface area contributed by atoms with Crippen LogP contribution in [-0.2, 0) is 16.4 Å². The van der Waals surface area contributed by atoms with Gasteiger partial charge in [0.1, 0.15) is 0 Å². The molecule has 4 heteroatoms. The van der Waals surface area contributed by atoms with Crippen molar-refractivity contribution in [3.05, 3.63) is 59.2 Å². The van der Waals surface area contributed by atoms with Crippen LogP contribution in [0.3, 0.4) is 0 Å². The molecule has 0 atom stereocenters. The van der Waals surface area contributed by atoms with Gasteiger partial charge in [-0.2, -0.15) is 0 Å². The summed E-state index contributed by atoms with van der Waals surface area (Å²) in [6, 6.07) is 13.3. The molecule has 21 heavy (non-hydrogen) atoms. The third-order valence-electron chi connectivity index (χ3n) is 3.57. The topological polar surface area (TPSA) is 46.2 Å². The largest absolute Gasteiger partial charge is 0.380 e. The number of rotatable bonds is 5. The average molecular weight is 303 g/mol. The van der Waals surface area contributed by atoms with E-state index in [-0.39, 0.29) is 5.75 Å². The number of hydrogen-bond donors (Lipinski definition) is 1. The SMILES string of the molecule is CCS(=O)(=O)c1ccccc1NCc1ccc(C)cc1C. The van der Waals surface area contributed by atoms with E-state index >= 15 is 0 Å².